The number of aromatic nitrogens is 4. The molecule has 0 spiro atoms. The Labute approximate surface area is 170 Å². The molecule has 1 aliphatic carbocycles. The van der Waals surface area contributed by atoms with Gasteiger partial charge in [-0.1, -0.05) is 37.3 Å². The summed E-state index contributed by atoms with van der Waals surface area (Å²) in [6.07, 6.45) is 5.27. The van der Waals surface area contributed by atoms with Crippen molar-refractivity contribution in [2.24, 2.45) is 5.92 Å². The number of imidazole rings is 1. The summed E-state index contributed by atoms with van der Waals surface area (Å²) in [6, 6.07) is 10.6. The smallest absolute Gasteiger partial charge is 0.331 e. The summed E-state index contributed by atoms with van der Waals surface area (Å²) in [5.74, 6) is 3.21. The van der Waals surface area contributed by atoms with E-state index in [2.05, 4.69) is 36.5 Å². The van der Waals surface area contributed by atoms with E-state index in [1.165, 1.54) is 18.4 Å². The Morgan fingerprint density at radius 3 is 2.64 bits per heavy atom. The number of halogens is 1. The second kappa shape index (κ2) is 7.59. The maximum Gasteiger partial charge on any atom is 0.331 e. The number of rotatable bonds is 6. The first kappa shape index (κ1) is 19.0. The van der Waals surface area contributed by atoms with Gasteiger partial charge < -0.3 is 5.32 Å². The minimum Gasteiger partial charge on any atom is -0.365 e. The lowest BCUT2D eigenvalue weighted by molar-refractivity contribution is 0.560. The molecule has 0 aromatic heterocycles. The molecule has 1 atom stereocenters. The predicted molar refractivity (Wildman–Crippen MR) is 112 cm³/mol. The lowest BCUT2D eigenvalue weighted by Gasteiger charge is -2.13. The number of benzene rings is 1. The topological polar surface area (TPSA) is 64.7 Å². The van der Waals surface area contributed by atoms with Crippen LogP contribution in [0.15, 0.2) is 35.1 Å². The molecule has 1 aromatic rings. The largest absolute Gasteiger partial charge is 0.365 e. The first-order valence-corrected chi connectivity index (χ1v) is 10.0. The summed E-state index contributed by atoms with van der Waals surface area (Å²) in [5, 5.41) is 3.57. The zero-order valence-electron chi connectivity index (χ0n) is 16.1. The van der Waals surface area contributed by atoms with Gasteiger partial charge in [0.1, 0.15) is 17.3 Å². The van der Waals surface area contributed by atoms with Crippen molar-refractivity contribution in [2.45, 2.75) is 58.2 Å². The van der Waals surface area contributed by atoms with E-state index in [1.54, 1.807) is 0 Å². The molecular formula is C21H26ClN5O. The van der Waals surface area contributed by atoms with Crippen LogP contribution in [0.5, 0.6) is 0 Å². The van der Waals surface area contributed by atoms with Gasteiger partial charge in [0.15, 0.2) is 5.82 Å². The van der Waals surface area contributed by atoms with Crippen molar-refractivity contribution >= 4 is 18.2 Å². The number of hydrogen-bond acceptors (Lipinski definition) is 4. The van der Waals surface area contributed by atoms with Crippen LogP contribution in [0.1, 0.15) is 37.6 Å². The van der Waals surface area contributed by atoms with E-state index in [4.69, 9.17) is 9.97 Å². The van der Waals surface area contributed by atoms with Crippen molar-refractivity contribution in [3.05, 3.63) is 52.2 Å². The lowest BCUT2D eigenvalue weighted by Crippen LogP contribution is -2.32. The van der Waals surface area contributed by atoms with E-state index in [9.17, 15) is 4.79 Å². The number of fused-ring (bicyclic) bond motifs is 3. The lowest BCUT2D eigenvalue weighted by atomic mass is 10.1. The quantitative estimate of drug-likeness (QED) is 0.690. The highest BCUT2D eigenvalue weighted by molar-refractivity contribution is 5.85. The van der Waals surface area contributed by atoms with Crippen LogP contribution >= 0.6 is 12.4 Å². The fraction of sp³-hybridized carbons (Fsp3) is 0.476. The number of nitrogens with one attached hydrogen (secondary N) is 1. The zero-order valence-corrected chi connectivity index (χ0v) is 16.9. The maximum atomic E-state index is 13.1. The van der Waals surface area contributed by atoms with Crippen LogP contribution in [0.25, 0.3) is 11.5 Å². The third kappa shape index (κ3) is 3.41. The van der Waals surface area contributed by atoms with E-state index >= 15 is 0 Å². The monoisotopic (exact) mass is 399 g/mol. The molecule has 1 aromatic carbocycles. The molecule has 5 rings (SSSR count). The van der Waals surface area contributed by atoms with Gasteiger partial charge in [0.05, 0.1) is 0 Å². The molecule has 0 bridgehead atoms. The minimum atomic E-state index is 0. The normalized spacial score (nSPS) is 18.0. The highest BCUT2D eigenvalue weighted by atomic mass is 35.5. The Kier molecular flexibility index (Phi) is 5.15. The highest BCUT2D eigenvalue weighted by Gasteiger charge is 2.32. The highest BCUT2D eigenvalue weighted by Crippen LogP contribution is 2.35. The van der Waals surface area contributed by atoms with Gasteiger partial charge in [0, 0.05) is 25.6 Å². The van der Waals surface area contributed by atoms with Crippen molar-refractivity contribution in [1.82, 2.24) is 19.1 Å². The van der Waals surface area contributed by atoms with Crippen LogP contribution in [0, 0.1) is 5.92 Å². The van der Waals surface area contributed by atoms with Gasteiger partial charge in [-0.25, -0.2) is 14.8 Å². The molecule has 1 fully saturated rings. The van der Waals surface area contributed by atoms with Crippen LogP contribution in [0.3, 0.4) is 0 Å². The van der Waals surface area contributed by atoms with Gasteiger partial charge in [0.25, 0.3) is 0 Å². The van der Waals surface area contributed by atoms with Gasteiger partial charge in [-0.3, -0.25) is 9.13 Å². The summed E-state index contributed by atoms with van der Waals surface area (Å²) in [6.45, 7) is 3.45. The Hall–Kier alpha value is -2.34. The average molecular weight is 400 g/mol. The van der Waals surface area contributed by atoms with Crippen LogP contribution in [0.2, 0.25) is 0 Å². The standard InChI is InChI=1S/C21H25N5O.ClH/c1-2-10-25-20-18(23-17(24-20)12-15-8-9-15)19-22-16(13-26(19)21(25)27)11-14-6-4-3-5-7-14;/h3-7,15-16,22H,2,8-13H2,1H3;1H/t16-;/m1./s1. The first-order valence-electron chi connectivity index (χ1n) is 10.0. The number of anilines is 1. The Morgan fingerprint density at radius 1 is 1.14 bits per heavy atom. The third-order valence-electron chi connectivity index (χ3n) is 5.58. The van der Waals surface area contributed by atoms with Crippen LogP contribution in [-0.4, -0.2) is 25.1 Å². The van der Waals surface area contributed by atoms with Crippen molar-refractivity contribution in [2.75, 3.05) is 5.32 Å². The summed E-state index contributed by atoms with van der Waals surface area (Å²) in [7, 11) is 0. The maximum absolute atomic E-state index is 13.1. The van der Waals surface area contributed by atoms with Gasteiger partial charge in [-0.05, 0) is 37.2 Å². The van der Waals surface area contributed by atoms with Gasteiger partial charge in [0.2, 0.25) is 0 Å². The molecular weight excluding hydrogens is 374 g/mol. The molecule has 0 unspecified atom stereocenters. The molecule has 0 saturated heterocycles. The summed E-state index contributed by atoms with van der Waals surface area (Å²) >= 11 is 0. The molecule has 0 amide bonds. The summed E-state index contributed by atoms with van der Waals surface area (Å²) < 4.78 is 3.68. The molecule has 1 N–H and O–H groups in total. The summed E-state index contributed by atoms with van der Waals surface area (Å²) in [5.41, 5.74) is 2.16. The molecule has 3 aliphatic heterocycles. The van der Waals surface area contributed by atoms with Crippen molar-refractivity contribution in [3.8, 4) is 11.5 Å². The first-order chi connectivity index (χ1) is 13.2. The molecule has 1 saturated carbocycles. The molecule has 7 heteroatoms. The fourth-order valence-corrected chi connectivity index (χ4v) is 4.07. The number of nitrogens with zero attached hydrogens (tertiary/aromatic N) is 4. The molecule has 28 heavy (non-hydrogen) atoms. The SMILES string of the molecule is CCCn1c2nc(CC3CC3)nc-2c2n(c1=O)C[C@@H](Cc1ccccc1)N2.Cl. The number of hydrogen-bond donors (Lipinski definition) is 1. The van der Waals surface area contributed by atoms with E-state index in [1.807, 2.05) is 15.2 Å². The Bertz CT molecular complexity index is 992. The zero-order chi connectivity index (χ0) is 18.4. The second-order valence-electron chi connectivity index (χ2n) is 7.88. The molecule has 6 nitrogen and oxygen atoms in total. The van der Waals surface area contributed by atoms with E-state index in [0.29, 0.717) is 13.1 Å². The van der Waals surface area contributed by atoms with E-state index in [0.717, 1.165) is 48.3 Å². The fourth-order valence-electron chi connectivity index (χ4n) is 4.07. The average Bonchev–Trinajstić information content (AvgIpc) is 3.22. The van der Waals surface area contributed by atoms with E-state index < -0.39 is 0 Å². The van der Waals surface area contributed by atoms with Gasteiger partial charge in [-0.15, -0.1) is 12.4 Å². The second-order valence-corrected chi connectivity index (χ2v) is 7.88. The predicted octanol–water partition coefficient (Wildman–Crippen LogP) is 3.37. The van der Waals surface area contributed by atoms with Crippen molar-refractivity contribution in [1.29, 1.82) is 0 Å². The minimum absolute atomic E-state index is 0. The third-order valence-corrected chi connectivity index (χ3v) is 5.58. The summed E-state index contributed by atoms with van der Waals surface area (Å²) in [4.78, 5) is 22.7. The van der Waals surface area contributed by atoms with Crippen molar-refractivity contribution in [3.63, 3.8) is 0 Å². The van der Waals surface area contributed by atoms with Gasteiger partial charge in [-0.2, -0.15) is 0 Å². The molecule has 3 heterocycles. The molecule has 4 aliphatic rings. The Morgan fingerprint density at radius 2 is 1.93 bits per heavy atom. The van der Waals surface area contributed by atoms with Crippen molar-refractivity contribution < 1.29 is 0 Å². The van der Waals surface area contributed by atoms with Gasteiger partial charge >= 0.3 is 5.69 Å². The van der Waals surface area contributed by atoms with Crippen LogP contribution in [0.4, 0.5) is 5.82 Å². The Balaban J connectivity index is 0.00000192. The van der Waals surface area contributed by atoms with E-state index in [-0.39, 0.29) is 24.1 Å². The molecule has 148 valence electrons. The van der Waals surface area contributed by atoms with Crippen LogP contribution < -0.4 is 11.0 Å². The molecule has 0 radical (unpaired) electrons. The van der Waals surface area contributed by atoms with Crippen LogP contribution in [-0.2, 0) is 25.9 Å².